The van der Waals surface area contributed by atoms with Crippen molar-refractivity contribution in [2.24, 2.45) is 5.10 Å². The number of nitro benzene ring substituents is 1. The first-order valence-corrected chi connectivity index (χ1v) is 7.60. The van der Waals surface area contributed by atoms with Crippen molar-refractivity contribution >= 4 is 17.9 Å². The third kappa shape index (κ3) is 4.07. The van der Waals surface area contributed by atoms with Crippen molar-refractivity contribution in [2.45, 2.75) is 0 Å². The van der Waals surface area contributed by atoms with Crippen LogP contribution in [0.4, 0.5) is 11.6 Å². The lowest BCUT2D eigenvalue weighted by Crippen LogP contribution is -2.10. The summed E-state index contributed by atoms with van der Waals surface area (Å²) in [5, 5.41) is 33.9. The molecule has 3 aromatic rings. The fourth-order valence-electron chi connectivity index (χ4n) is 2.26. The Morgan fingerprint density at radius 3 is 2.59 bits per heavy atom. The third-order valence-corrected chi connectivity index (χ3v) is 3.51. The first-order valence-electron chi connectivity index (χ1n) is 7.60. The molecule has 0 aliphatic carbocycles. The first kappa shape index (κ1) is 17.6. The molecule has 0 saturated carbocycles. The van der Waals surface area contributed by atoms with E-state index in [1.165, 1.54) is 6.07 Å². The average Bonchev–Trinajstić information content (AvgIpc) is 2.63. The summed E-state index contributed by atoms with van der Waals surface area (Å²) in [7, 11) is 0. The summed E-state index contributed by atoms with van der Waals surface area (Å²) in [6.07, 6.45) is 1.09. The highest BCUT2D eigenvalue weighted by Crippen LogP contribution is 2.32. The van der Waals surface area contributed by atoms with Gasteiger partial charge in [-0.3, -0.25) is 19.9 Å². The average molecular weight is 367 g/mol. The van der Waals surface area contributed by atoms with Gasteiger partial charge in [-0.05, 0) is 0 Å². The molecule has 2 aromatic carbocycles. The van der Waals surface area contributed by atoms with Crippen LogP contribution in [0.3, 0.4) is 0 Å². The zero-order valence-electron chi connectivity index (χ0n) is 13.7. The van der Waals surface area contributed by atoms with Crippen LogP contribution in [0.15, 0.2) is 58.4 Å². The van der Waals surface area contributed by atoms with Crippen molar-refractivity contribution in [1.82, 2.24) is 9.97 Å². The van der Waals surface area contributed by atoms with E-state index in [2.05, 4.69) is 20.5 Å². The summed E-state index contributed by atoms with van der Waals surface area (Å²) in [5.41, 5.74) is 2.68. The smallest absolute Gasteiger partial charge is 0.311 e. The molecule has 0 radical (unpaired) electrons. The summed E-state index contributed by atoms with van der Waals surface area (Å²) in [6.45, 7) is 0. The quantitative estimate of drug-likeness (QED) is 0.306. The molecule has 27 heavy (non-hydrogen) atoms. The summed E-state index contributed by atoms with van der Waals surface area (Å²) in [5.74, 6) is -1.02. The van der Waals surface area contributed by atoms with Crippen LogP contribution in [0.25, 0.3) is 11.3 Å². The SMILES string of the molecule is O=c1cc(-c2ccccc2)nc(N/N=C/c2cc([N+](=O)[O-])c(O)cc2O)[nH]1. The highest BCUT2D eigenvalue weighted by atomic mass is 16.6. The Bertz CT molecular complexity index is 1080. The van der Waals surface area contributed by atoms with Gasteiger partial charge in [0.2, 0.25) is 5.95 Å². The van der Waals surface area contributed by atoms with Gasteiger partial charge in [0, 0.05) is 29.3 Å². The molecular formula is C17H13N5O5. The van der Waals surface area contributed by atoms with Crippen molar-refractivity contribution in [3.63, 3.8) is 0 Å². The second kappa shape index (κ2) is 7.35. The molecule has 10 nitrogen and oxygen atoms in total. The fraction of sp³-hybridized carbons (Fsp3) is 0. The molecule has 0 spiro atoms. The van der Waals surface area contributed by atoms with Gasteiger partial charge in [-0.2, -0.15) is 5.10 Å². The molecule has 1 heterocycles. The van der Waals surface area contributed by atoms with E-state index < -0.39 is 27.7 Å². The second-order valence-electron chi connectivity index (χ2n) is 5.37. The van der Waals surface area contributed by atoms with Gasteiger partial charge in [-0.1, -0.05) is 30.3 Å². The van der Waals surface area contributed by atoms with E-state index in [0.717, 1.165) is 23.9 Å². The molecule has 10 heteroatoms. The summed E-state index contributed by atoms with van der Waals surface area (Å²) in [6, 6.07) is 12.2. The molecule has 0 saturated heterocycles. The van der Waals surface area contributed by atoms with E-state index in [1.807, 2.05) is 18.2 Å². The highest BCUT2D eigenvalue weighted by molar-refractivity contribution is 5.85. The van der Waals surface area contributed by atoms with E-state index in [9.17, 15) is 25.1 Å². The molecule has 3 rings (SSSR count). The molecule has 0 atom stereocenters. The summed E-state index contributed by atoms with van der Waals surface area (Å²) in [4.78, 5) is 28.5. The summed E-state index contributed by atoms with van der Waals surface area (Å²) < 4.78 is 0. The van der Waals surface area contributed by atoms with E-state index in [-0.39, 0.29) is 11.5 Å². The number of hydrogen-bond donors (Lipinski definition) is 4. The number of phenolic OH excluding ortho intramolecular Hbond substituents is 2. The van der Waals surface area contributed by atoms with Crippen LogP contribution in [-0.2, 0) is 0 Å². The zero-order valence-corrected chi connectivity index (χ0v) is 13.7. The lowest BCUT2D eigenvalue weighted by molar-refractivity contribution is -0.385. The number of nitrogens with one attached hydrogen (secondary N) is 2. The Morgan fingerprint density at radius 1 is 1.15 bits per heavy atom. The number of benzene rings is 2. The van der Waals surface area contributed by atoms with Gasteiger partial charge < -0.3 is 10.2 Å². The molecule has 0 aliphatic rings. The lowest BCUT2D eigenvalue weighted by Gasteiger charge is -2.04. The highest BCUT2D eigenvalue weighted by Gasteiger charge is 2.16. The largest absolute Gasteiger partial charge is 0.507 e. The number of phenols is 2. The fourth-order valence-corrected chi connectivity index (χ4v) is 2.26. The Hall–Kier alpha value is -4.21. The van der Waals surface area contributed by atoms with Crippen LogP contribution in [-0.4, -0.2) is 31.3 Å². The molecule has 0 aliphatic heterocycles. The topological polar surface area (TPSA) is 154 Å². The van der Waals surface area contributed by atoms with Gasteiger partial charge >= 0.3 is 5.69 Å². The van der Waals surface area contributed by atoms with E-state index in [4.69, 9.17) is 0 Å². The maximum absolute atomic E-state index is 11.8. The van der Waals surface area contributed by atoms with Crippen molar-refractivity contribution in [2.75, 3.05) is 5.43 Å². The van der Waals surface area contributed by atoms with Gasteiger partial charge in [0.15, 0.2) is 5.75 Å². The first-order chi connectivity index (χ1) is 12.9. The minimum atomic E-state index is -0.790. The van der Waals surface area contributed by atoms with Crippen molar-refractivity contribution in [3.05, 3.63) is 74.6 Å². The number of aromatic hydroxyl groups is 2. The van der Waals surface area contributed by atoms with Crippen LogP contribution in [0, 0.1) is 10.1 Å². The minimum Gasteiger partial charge on any atom is -0.507 e. The molecule has 0 bridgehead atoms. The third-order valence-electron chi connectivity index (χ3n) is 3.51. The molecule has 4 N–H and O–H groups in total. The molecular weight excluding hydrogens is 354 g/mol. The minimum absolute atomic E-state index is 0.00596. The number of aromatic nitrogens is 2. The number of hydrogen-bond acceptors (Lipinski definition) is 8. The van der Waals surface area contributed by atoms with E-state index >= 15 is 0 Å². The van der Waals surface area contributed by atoms with Gasteiger partial charge in [-0.25, -0.2) is 10.4 Å². The Labute approximate surface area is 151 Å². The van der Waals surface area contributed by atoms with Crippen molar-refractivity contribution in [3.8, 4) is 22.8 Å². The number of anilines is 1. The maximum atomic E-state index is 11.8. The van der Waals surface area contributed by atoms with Crippen LogP contribution >= 0.6 is 0 Å². The van der Waals surface area contributed by atoms with Gasteiger partial charge in [-0.15, -0.1) is 0 Å². The predicted octanol–water partition coefficient (Wildman–Crippen LogP) is 2.20. The monoisotopic (exact) mass is 367 g/mol. The van der Waals surface area contributed by atoms with Crippen molar-refractivity contribution < 1.29 is 15.1 Å². The molecule has 0 fully saturated rings. The molecule has 0 amide bonds. The summed E-state index contributed by atoms with van der Waals surface area (Å²) >= 11 is 0. The number of nitrogens with zero attached hydrogens (tertiary/aromatic N) is 3. The molecule has 0 unspecified atom stereocenters. The normalized spacial score (nSPS) is 10.8. The van der Waals surface area contributed by atoms with E-state index in [1.54, 1.807) is 12.1 Å². The zero-order chi connectivity index (χ0) is 19.4. The van der Waals surface area contributed by atoms with E-state index in [0.29, 0.717) is 5.69 Å². The Morgan fingerprint density at radius 2 is 1.89 bits per heavy atom. The molecule has 136 valence electrons. The predicted molar refractivity (Wildman–Crippen MR) is 97.9 cm³/mol. The Balaban J connectivity index is 1.85. The second-order valence-corrected chi connectivity index (χ2v) is 5.37. The lowest BCUT2D eigenvalue weighted by atomic mass is 10.1. The van der Waals surface area contributed by atoms with Crippen LogP contribution in [0.2, 0.25) is 0 Å². The number of rotatable bonds is 5. The maximum Gasteiger partial charge on any atom is 0.311 e. The van der Waals surface area contributed by atoms with Crippen LogP contribution < -0.4 is 11.0 Å². The van der Waals surface area contributed by atoms with Gasteiger partial charge in [0.1, 0.15) is 5.75 Å². The number of aromatic amines is 1. The Kier molecular flexibility index (Phi) is 4.79. The van der Waals surface area contributed by atoms with Crippen molar-refractivity contribution in [1.29, 1.82) is 0 Å². The van der Waals surface area contributed by atoms with Crippen LogP contribution in [0.5, 0.6) is 11.5 Å². The van der Waals surface area contributed by atoms with Gasteiger partial charge in [0.05, 0.1) is 16.8 Å². The molecule has 1 aromatic heterocycles. The number of H-pyrrole nitrogens is 1. The van der Waals surface area contributed by atoms with Crippen LogP contribution in [0.1, 0.15) is 5.56 Å². The number of nitro groups is 1. The van der Waals surface area contributed by atoms with Gasteiger partial charge in [0.25, 0.3) is 5.56 Å². The standard InChI is InChI=1S/C17H13N5O5/c23-14-8-15(24)13(22(26)27)6-11(14)9-18-21-17-19-12(7-16(25)20-17)10-4-2-1-3-5-10/h1-9,23-24H,(H2,19,20,21,25)/b18-9+. The number of hydrazone groups is 1.